The van der Waals surface area contributed by atoms with Crippen LogP contribution >= 0.6 is 11.3 Å². The molecule has 2 N–H and O–H groups in total. The van der Waals surface area contributed by atoms with Gasteiger partial charge in [0.1, 0.15) is 0 Å². The van der Waals surface area contributed by atoms with Crippen molar-refractivity contribution in [1.82, 2.24) is 9.88 Å². The Hall–Kier alpha value is -0.450. The van der Waals surface area contributed by atoms with Crippen LogP contribution in [0.4, 0.5) is 0 Å². The third-order valence-corrected chi connectivity index (χ3v) is 4.58. The van der Waals surface area contributed by atoms with Crippen molar-refractivity contribution in [2.45, 2.75) is 39.3 Å². The van der Waals surface area contributed by atoms with Crippen molar-refractivity contribution in [1.29, 1.82) is 0 Å². The van der Waals surface area contributed by atoms with Crippen molar-refractivity contribution in [3.8, 4) is 0 Å². The molecule has 1 aromatic heterocycles. The summed E-state index contributed by atoms with van der Waals surface area (Å²) in [5.41, 5.74) is 9.02. The zero-order valence-corrected chi connectivity index (χ0v) is 11.0. The van der Waals surface area contributed by atoms with Crippen molar-refractivity contribution < 1.29 is 0 Å². The number of aryl methyl sites for hydroxylation is 1. The van der Waals surface area contributed by atoms with E-state index in [1.165, 1.54) is 30.0 Å². The van der Waals surface area contributed by atoms with E-state index in [9.17, 15) is 0 Å². The van der Waals surface area contributed by atoms with E-state index >= 15 is 0 Å². The Labute approximate surface area is 102 Å². The van der Waals surface area contributed by atoms with Crippen molar-refractivity contribution in [2.24, 2.45) is 11.7 Å². The van der Waals surface area contributed by atoms with E-state index in [0.717, 1.165) is 19.0 Å². The number of aromatic nitrogens is 1. The van der Waals surface area contributed by atoms with Crippen molar-refractivity contribution >= 4 is 11.3 Å². The van der Waals surface area contributed by atoms with Crippen molar-refractivity contribution in [3.05, 3.63) is 16.1 Å². The molecule has 2 unspecified atom stereocenters. The van der Waals surface area contributed by atoms with Crippen LogP contribution in [-0.4, -0.2) is 29.0 Å². The number of nitrogens with two attached hydrogens (primary N) is 1. The van der Waals surface area contributed by atoms with E-state index in [2.05, 4.69) is 23.7 Å². The van der Waals surface area contributed by atoms with Gasteiger partial charge in [0.2, 0.25) is 0 Å². The molecule has 0 saturated carbocycles. The third-order valence-electron chi connectivity index (χ3n) is 3.66. The maximum Gasteiger partial charge on any atom is 0.0798 e. The van der Waals surface area contributed by atoms with Gasteiger partial charge in [-0.2, -0.15) is 0 Å². The molecule has 1 fully saturated rings. The van der Waals surface area contributed by atoms with E-state index in [-0.39, 0.29) is 0 Å². The second-order valence-corrected chi connectivity index (χ2v) is 5.69. The minimum atomic E-state index is 0.551. The van der Waals surface area contributed by atoms with E-state index < -0.39 is 0 Å². The van der Waals surface area contributed by atoms with Crippen LogP contribution in [0.1, 0.15) is 30.3 Å². The van der Waals surface area contributed by atoms with Crippen LogP contribution in [0.3, 0.4) is 0 Å². The Bertz CT molecular complexity index is 337. The zero-order valence-electron chi connectivity index (χ0n) is 10.1. The van der Waals surface area contributed by atoms with Gasteiger partial charge >= 0.3 is 0 Å². The molecule has 2 heterocycles. The van der Waals surface area contributed by atoms with Gasteiger partial charge in [-0.15, -0.1) is 11.3 Å². The first-order chi connectivity index (χ1) is 7.72. The molecule has 3 nitrogen and oxygen atoms in total. The van der Waals surface area contributed by atoms with Gasteiger partial charge in [0.25, 0.3) is 0 Å². The Balaban J connectivity index is 2.05. The van der Waals surface area contributed by atoms with Crippen LogP contribution in [0.15, 0.2) is 5.51 Å². The summed E-state index contributed by atoms with van der Waals surface area (Å²) in [5.74, 6) is 0.729. The molecule has 0 spiro atoms. The van der Waals surface area contributed by atoms with Crippen molar-refractivity contribution in [3.63, 3.8) is 0 Å². The second-order valence-electron chi connectivity index (χ2n) is 4.75. The number of likely N-dealkylation sites (tertiary alicyclic amines) is 1. The van der Waals surface area contributed by atoms with Gasteiger partial charge < -0.3 is 5.73 Å². The fourth-order valence-corrected chi connectivity index (χ4v) is 3.38. The van der Waals surface area contributed by atoms with Gasteiger partial charge in [-0.25, -0.2) is 4.98 Å². The highest BCUT2D eigenvalue weighted by molar-refractivity contribution is 7.09. The Kier molecular flexibility index (Phi) is 3.95. The van der Waals surface area contributed by atoms with E-state index in [0.29, 0.717) is 6.04 Å². The lowest BCUT2D eigenvalue weighted by Crippen LogP contribution is -2.47. The second kappa shape index (κ2) is 5.25. The quantitative estimate of drug-likeness (QED) is 0.877. The molecule has 90 valence electrons. The predicted octanol–water partition coefficient (Wildman–Crippen LogP) is 2.01. The summed E-state index contributed by atoms with van der Waals surface area (Å²) < 4.78 is 0. The van der Waals surface area contributed by atoms with Crippen LogP contribution in [0.2, 0.25) is 0 Å². The summed E-state index contributed by atoms with van der Waals surface area (Å²) in [6.07, 6.45) is 2.62. The molecule has 0 amide bonds. The summed E-state index contributed by atoms with van der Waals surface area (Å²) in [7, 11) is 0. The largest absolute Gasteiger partial charge is 0.329 e. The molecular weight excluding hydrogens is 218 g/mol. The summed E-state index contributed by atoms with van der Waals surface area (Å²) in [6.45, 7) is 7.41. The van der Waals surface area contributed by atoms with Crippen LogP contribution in [0.25, 0.3) is 0 Å². The molecule has 0 aromatic carbocycles. The molecular formula is C12H21N3S. The summed E-state index contributed by atoms with van der Waals surface area (Å²) >= 11 is 1.76. The minimum Gasteiger partial charge on any atom is -0.329 e. The first-order valence-electron chi connectivity index (χ1n) is 6.05. The minimum absolute atomic E-state index is 0.551. The van der Waals surface area contributed by atoms with Crippen molar-refractivity contribution in [2.75, 3.05) is 13.1 Å². The van der Waals surface area contributed by atoms with Gasteiger partial charge in [0.05, 0.1) is 11.2 Å². The van der Waals surface area contributed by atoms with E-state index in [1.807, 2.05) is 5.51 Å². The van der Waals surface area contributed by atoms with Crippen LogP contribution < -0.4 is 5.73 Å². The molecule has 0 radical (unpaired) electrons. The highest BCUT2D eigenvalue weighted by atomic mass is 32.1. The standard InChI is InChI=1S/C12H21N3S/c1-9-4-3-5-15(11(9)6-13)7-12-10(2)14-8-16-12/h8-9,11H,3-7,13H2,1-2H3. The molecule has 4 heteroatoms. The third kappa shape index (κ3) is 2.44. The smallest absolute Gasteiger partial charge is 0.0798 e. The predicted molar refractivity (Wildman–Crippen MR) is 68.5 cm³/mol. The van der Waals surface area contributed by atoms with Gasteiger partial charge in [0, 0.05) is 24.0 Å². The monoisotopic (exact) mass is 239 g/mol. The highest BCUT2D eigenvalue weighted by Crippen LogP contribution is 2.25. The topological polar surface area (TPSA) is 42.2 Å². The molecule has 1 aromatic rings. The van der Waals surface area contributed by atoms with Gasteiger partial charge in [-0.1, -0.05) is 6.92 Å². The molecule has 2 rings (SSSR count). The molecule has 0 bridgehead atoms. The first-order valence-corrected chi connectivity index (χ1v) is 6.93. The number of hydrogen-bond acceptors (Lipinski definition) is 4. The zero-order chi connectivity index (χ0) is 11.5. The lowest BCUT2D eigenvalue weighted by atomic mass is 9.91. The van der Waals surface area contributed by atoms with Crippen LogP contribution in [0.5, 0.6) is 0 Å². The van der Waals surface area contributed by atoms with E-state index in [1.54, 1.807) is 11.3 Å². The maximum absolute atomic E-state index is 5.90. The number of piperidine rings is 1. The van der Waals surface area contributed by atoms with Gasteiger partial charge in [-0.3, -0.25) is 4.90 Å². The lowest BCUT2D eigenvalue weighted by molar-refractivity contribution is 0.0999. The van der Waals surface area contributed by atoms with Gasteiger partial charge in [-0.05, 0) is 32.2 Å². The Morgan fingerprint density at radius 2 is 2.44 bits per heavy atom. The van der Waals surface area contributed by atoms with Gasteiger partial charge in [0.15, 0.2) is 0 Å². The number of hydrogen-bond donors (Lipinski definition) is 1. The van der Waals surface area contributed by atoms with E-state index in [4.69, 9.17) is 5.73 Å². The molecule has 16 heavy (non-hydrogen) atoms. The number of nitrogens with zero attached hydrogens (tertiary/aromatic N) is 2. The maximum atomic E-state index is 5.90. The average Bonchev–Trinajstić information content (AvgIpc) is 2.65. The fraction of sp³-hybridized carbons (Fsp3) is 0.750. The summed E-state index contributed by atoms with van der Waals surface area (Å²) in [4.78, 5) is 8.24. The molecule has 2 atom stereocenters. The first kappa shape index (κ1) is 12.0. The highest BCUT2D eigenvalue weighted by Gasteiger charge is 2.27. The number of thiazole rings is 1. The summed E-state index contributed by atoms with van der Waals surface area (Å²) in [5, 5.41) is 0. The average molecular weight is 239 g/mol. The molecule has 1 aliphatic heterocycles. The molecule has 1 aliphatic rings. The number of rotatable bonds is 3. The normalized spacial score (nSPS) is 27.2. The molecule has 1 saturated heterocycles. The Morgan fingerprint density at radius 3 is 3.06 bits per heavy atom. The summed E-state index contributed by atoms with van der Waals surface area (Å²) in [6, 6.07) is 0.551. The lowest BCUT2D eigenvalue weighted by Gasteiger charge is -2.39. The van der Waals surface area contributed by atoms with Crippen LogP contribution in [-0.2, 0) is 6.54 Å². The molecule has 0 aliphatic carbocycles. The fourth-order valence-electron chi connectivity index (χ4n) is 2.57. The van der Waals surface area contributed by atoms with Crippen LogP contribution in [0, 0.1) is 12.8 Å². The Morgan fingerprint density at radius 1 is 1.62 bits per heavy atom. The SMILES string of the molecule is Cc1ncsc1CN1CCCC(C)C1CN.